The number of rotatable bonds is 9. The highest BCUT2D eigenvalue weighted by Gasteiger charge is 2.11. The summed E-state index contributed by atoms with van der Waals surface area (Å²) in [7, 11) is 1.71. The van der Waals surface area contributed by atoms with E-state index >= 15 is 0 Å². The molecule has 10 nitrogen and oxygen atoms in total. The topological polar surface area (TPSA) is 149 Å². The molecule has 2 aromatic heterocycles. The standard InChI is InChI=1S/C20H19ClN8O2S/c1-24-17-16(9-23)26-11-27-18(17)31-7-5-14-10-25-20(32-14)29-19(30)28-13-3-2-12(4-6-22)15(21)8-13/h2-3,8-11,23-24H,4-5,7H2,1H3,(H2,25,28,29,30). The van der Waals surface area contributed by atoms with Gasteiger partial charge in [-0.15, -0.1) is 11.3 Å². The minimum atomic E-state index is -0.454. The van der Waals surface area contributed by atoms with E-state index in [2.05, 4.69) is 30.9 Å². The summed E-state index contributed by atoms with van der Waals surface area (Å²) in [5, 5.41) is 25.3. The quantitative estimate of drug-likeness (QED) is 0.346. The molecule has 0 aliphatic rings. The second kappa shape index (κ2) is 11.0. The fourth-order valence-corrected chi connectivity index (χ4v) is 3.71. The molecule has 4 N–H and O–H groups in total. The Morgan fingerprint density at radius 1 is 1.34 bits per heavy atom. The number of halogens is 1. The van der Waals surface area contributed by atoms with E-state index < -0.39 is 6.03 Å². The highest BCUT2D eigenvalue weighted by atomic mass is 35.5. The third kappa shape index (κ3) is 5.90. The molecule has 1 aromatic carbocycles. The number of urea groups is 1. The van der Waals surface area contributed by atoms with Gasteiger partial charge in [-0.1, -0.05) is 17.7 Å². The van der Waals surface area contributed by atoms with Gasteiger partial charge in [-0.3, -0.25) is 5.32 Å². The molecule has 0 saturated heterocycles. The van der Waals surface area contributed by atoms with Gasteiger partial charge in [-0.25, -0.2) is 14.8 Å². The van der Waals surface area contributed by atoms with Crippen LogP contribution < -0.4 is 20.7 Å². The SMILES string of the molecule is CNc1c(C=N)ncnc1OCCc1cnc(NC(=O)Nc2ccc(CC#N)c(Cl)c2)s1. The first-order chi connectivity index (χ1) is 15.5. The van der Waals surface area contributed by atoms with Gasteiger partial charge in [0.25, 0.3) is 0 Å². The van der Waals surface area contributed by atoms with Gasteiger partial charge in [0, 0.05) is 41.5 Å². The van der Waals surface area contributed by atoms with Crippen LogP contribution in [0.1, 0.15) is 16.1 Å². The van der Waals surface area contributed by atoms with E-state index in [9.17, 15) is 4.79 Å². The Labute approximate surface area is 193 Å². The molecular formula is C20H19ClN8O2S. The van der Waals surface area contributed by atoms with E-state index in [0.717, 1.165) is 11.1 Å². The summed E-state index contributed by atoms with van der Waals surface area (Å²) in [6.07, 6.45) is 4.90. The van der Waals surface area contributed by atoms with Crippen LogP contribution >= 0.6 is 22.9 Å². The second-order valence-electron chi connectivity index (χ2n) is 6.28. The minimum Gasteiger partial charge on any atom is -0.476 e. The van der Waals surface area contributed by atoms with Crippen LogP contribution in [0.2, 0.25) is 5.02 Å². The number of nitrogens with zero attached hydrogens (tertiary/aromatic N) is 4. The van der Waals surface area contributed by atoms with Crippen LogP contribution in [0.5, 0.6) is 5.88 Å². The van der Waals surface area contributed by atoms with Crippen molar-refractivity contribution in [3.8, 4) is 11.9 Å². The lowest BCUT2D eigenvalue weighted by Crippen LogP contribution is -2.19. The smallest absolute Gasteiger partial charge is 0.325 e. The highest BCUT2D eigenvalue weighted by Crippen LogP contribution is 2.24. The summed E-state index contributed by atoms with van der Waals surface area (Å²) in [4.78, 5) is 25.4. The first-order valence-corrected chi connectivity index (χ1v) is 10.6. The zero-order chi connectivity index (χ0) is 22.9. The van der Waals surface area contributed by atoms with Gasteiger partial charge in [-0.2, -0.15) is 10.2 Å². The molecule has 0 saturated carbocycles. The Bertz CT molecular complexity index is 1160. The van der Waals surface area contributed by atoms with Crippen LogP contribution in [-0.4, -0.2) is 40.9 Å². The number of thiazole rings is 1. The Balaban J connectivity index is 1.52. The van der Waals surface area contributed by atoms with Crippen molar-refractivity contribution in [3.63, 3.8) is 0 Å². The van der Waals surface area contributed by atoms with Gasteiger partial charge in [0.15, 0.2) is 5.13 Å². The van der Waals surface area contributed by atoms with E-state index in [-0.39, 0.29) is 6.42 Å². The van der Waals surface area contributed by atoms with E-state index in [0.29, 0.717) is 51.7 Å². The fourth-order valence-electron chi connectivity index (χ4n) is 2.68. The second-order valence-corrected chi connectivity index (χ2v) is 7.81. The molecule has 2 heterocycles. The maximum Gasteiger partial charge on any atom is 0.325 e. The monoisotopic (exact) mass is 470 g/mol. The van der Waals surface area contributed by atoms with E-state index in [4.69, 9.17) is 27.0 Å². The first kappa shape index (κ1) is 22.9. The molecule has 164 valence electrons. The number of nitrogens with one attached hydrogen (secondary N) is 4. The third-order valence-corrected chi connectivity index (χ3v) is 5.49. The molecule has 0 aliphatic heterocycles. The number of aromatic nitrogens is 3. The minimum absolute atomic E-state index is 0.203. The van der Waals surface area contributed by atoms with Crippen molar-refractivity contribution in [2.24, 2.45) is 0 Å². The number of nitriles is 1. The number of ether oxygens (including phenoxy) is 1. The molecule has 0 atom stereocenters. The lowest BCUT2D eigenvalue weighted by molar-refractivity contribution is 0.262. The summed E-state index contributed by atoms with van der Waals surface area (Å²) in [6.45, 7) is 0.338. The number of carbonyl (C=O) groups excluding carboxylic acids is 1. The van der Waals surface area contributed by atoms with Crippen LogP contribution in [0.15, 0.2) is 30.7 Å². The van der Waals surface area contributed by atoms with Gasteiger partial charge in [0.2, 0.25) is 5.88 Å². The van der Waals surface area contributed by atoms with Crippen LogP contribution in [0.25, 0.3) is 0 Å². The zero-order valence-electron chi connectivity index (χ0n) is 17.0. The van der Waals surface area contributed by atoms with Crippen LogP contribution in [0.3, 0.4) is 0 Å². The van der Waals surface area contributed by atoms with Crippen LogP contribution in [0.4, 0.5) is 21.3 Å². The molecule has 3 aromatic rings. The first-order valence-electron chi connectivity index (χ1n) is 9.38. The van der Waals surface area contributed by atoms with Crippen LogP contribution in [0, 0.1) is 16.7 Å². The number of hydrogen-bond donors (Lipinski definition) is 4. The predicted molar refractivity (Wildman–Crippen MR) is 124 cm³/mol. The number of carbonyl (C=O) groups is 1. The molecule has 0 fully saturated rings. The number of hydrogen-bond acceptors (Lipinski definition) is 9. The van der Waals surface area contributed by atoms with Gasteiger partial charge >= 0.3 is 6.03 Å². The maximum absolute atomic E-state index is 12.2. The van der Waals surface area contributed by atoms with Crippen molar-refractivity contribution in [1.29, 1.82) is 10.7 Å². The molecule has 32 heavy (non-hydrogen) atoms. The fraction of sp³-hybridized carbons (Fsp3) is 0.200. The van der Waals surface area contributed by atoms with Crippen LogP contribution in [-0.2, 0) is 12.8 Å². The molecule has 0 unspecified atom stereocenters. The normalized spacial score (nSPS) is 10.2. The third-order valence-electron chi connectivity index (χ3n) is 4.17. The van der Waals surface area contributed by atoms with Crippen molar-refractivity contribution in [2.75, 3.05) is 29.6 Å². The molecular weight excluding hydrogens is 452 g/mol. The highest BCUT2D eigenvalue weighted by molar-refractivity contribution is 7.15. The summed E-state index contributed by atoms with van der Waals surface area (Å²) in [6, 6.07) is 6.55. The largest absolute Gasteiger partial charge is 0.476 e. The van der Waals surface area contributed by atoms with E-state index in [1.165, 1.54) is 17.7 Å². The van der Waals surface area contributed by atoms with Gasteiger partial charge in [0.05, 0.1) is 19.1 Å². The Morgan fingerprint density at radius 2 is 2.19 bits per heavy atom. The Hall–Kier alpha value is -3.75. The lowest BCUT2D eigenvalue weighted by Gasteiger charge is -2.10. The van der Waals surface area contributed by atoms with Crippen molar-refractivity contribution < 1.29 is 9.53 Å². The summed E-state index contributed by atoms with van der Waals surface area (Å²) in [5.41, 5.74) is 2.19. The van der Waals surface area contributed by atoms with Gasteiger partial charge in [0.1, 0.15) is 17.7 Å². The number of amides is 2. The van der Waals surface area contributed by atoms with Crippen molar-refractivity contribution in [1.82, 2.24) is 15.0 Å². The summed E-state index contributed by atoms with van der Waals surface area (Å²) >= 11 is 7.44. The Morgan fingerprint density at radius 3 is 2.91 bits per heavy atom. The molecule has 3 rings (SSSR count). The van der Waals surface area contributed by atoms with Crippen molar-refractivity contribution in [2.45, 2.75) is 12.8 Å². The summed E-state index contributed by atoms with van der Waals surface area (Å²) in [5.74, 6) is 0.364. The maximum atomic E-state index is 12.2. The Kier molecular flexibility index (Phi) is 7.91. The molecule has 0 bridgehead atoms. The van der Waals surface area contributed by atoms with E-state index in [1.807, 2.05) is 6.07 Å². The molecule has 12 heteroatoms. The summed E-state index contributed by atoms with van der Waals surface area (Å²) < 4.78 is 5.71. The lowest BCUT2D eigenvalue weighted by atomic mass is 10.1. The number of anilines is 3. The number of benzene rings is 1. The molecule has 0 aliphatic carbocycles. The molecule has 0 spiro atoms. The average Bonchev–Trinajstić information content (AvgIpc) is 3.22. The van der Waals surface area contributed by atoms with Crippen molar-refractivity contribution in [3.05, 3.63) is 51.9 Å². The zero-order valence-corrected chi connectivity index (χ0v) is 18.5. The molecule has 2 amide bonds. The van der Waals surface area contributed by atoms with Crippen molar-refractivity contribution >= 4 is 51.7 Å². The predicted octanol–water partition coefficient (Wildman–Crippen LogP) is 3.96. The van der Waals surface area contributed by atoms with Gasteiger partial charge in [-0.05, 0) is 17.7 Å². The molecule has 0 radical (unpaired) electrons. The average molecular weight is 471 g/mol. The van der Waals surface area contributed by atoms with E-state index in [1.54, 1.807) is 31.4 Å². The van der Waals surface area contributed by atoms with Gasteiger partial charge < -0.3 is 20.8 Å².